The SMILES string of the molecule is CCCC(CCO)CNC(=O)c1cnc(C)cc1Cl. The van der Waals surface area contributed by atoms with Crippen LogP contribution in [0.3, 0.4) is 0 Å². The summed E-state index contributed by atoms with van der Waals surface area (Å²) in [6, 6.07) is 1.67. The molecular weight excluding hydrogens is 264 g/mol. The number of rotatable bonds is 7. The average Bonchev–Trinajstić information content (AvgIpc) is 2.36. The summed E-state index contributed by atoms with van der Waals surface area (Å²) in [4.78, 5) is 16.1. The largest absolute Gasteiger partial charge is 0.396 e. The zero-order valence-electron chi connectivity index (χ0n) is 11.4. The summed E-state index contributed by atoms with van der Waals surface area (Å²) in [5.41, 5.74) is 1.18. The summed E-state index contributed by atoms with van der Waals surface area (Å²) in [6.45, 7) is 4.61. The van der Waals surface area contributed by atoms with Gasteiger partial charge in [-0.05, 0) is 31.7 Å². The second-order valence-corrected chi connectivity index (χ2v) is 5.09. The smallest absolute Gasteiger partial charge is 0.254 e. The normalized spacial score (nSPS) is 12.2. The fourth-order valence-corrected chi connectivity index (χ4v) is 2.26. The highest BCUT2D eigenvalue weighted by Crippen LogP contribution is 2.16. The van der Waals surface area contributed by atoms with Crippen molar-refractivity contribution in [3.8, 4) is 0 Å². The molecular formula is C14H21ClN2O2. The molecule has 5 heteroatoms. The fourth-order valence-electron chi connectivity index (χ4n) is 1.97. The van der Waals surface area contributed by atoms with E-state index in [1.54, 1.807) is 6.07 Å². The van der Waals surface area contributed by atoms with E-state index < -0.39 is 0 Å². The highest BCUT2D eigenvalue weighted by atomic mass is 35.5. The lowest BCUT2D eigenvalue weighted by atomic mass is 10.00. The van der Waals surface area contributed by atoms with Gasteiger partial charge in [0.15, 0.2) is 0 Å². The van der Waals surface area contributed by atoms with Crippen molar-refractivity contribution in [2.75, 3.05) is 13.2 Å². The molecule has 0 saturated heterocycles. The molecule has 1 rings (SSSR count). The highest BCUT2D eigenvalue weighted by molar-refractivity contribution is 6.33. The molecule has 0 aromatic carbocycles. The van der Waals surface area contributed by atoms with Gasteiger partial charge in [-0.15, -0.1) is 0 Å². The molecule has 2 N–H and O–H groups in total. The first-order chi connectivity index (χ1) is 9.08. The second kappa shape index (κ2) is 8.12. The van der Waals surface area contributed by atoms with Crippen LogP contribution in [0.2, 0.25) is 5.02 Å². The van der Waals surface area contributed by atoms with Gasteiger partial charge >= 0.3 is 0 Å². The summed E-state index contributed by atoms with van der Waals surface area (Å²) < 4.78 is 0. The van der Waals surface area contributed by atoms with Gasteiger partial charge in [0.2, 0.25) is 0 Å². The van der Waals surface area contributed by atoms with Gasteiger partial charge in [-0.2, -0.15) is 0 Å². The van der Waals surface area contributed by atoms with E-state index in [0.29, 0.717) is 29.5 Å². The molecule has 1 heterocycles. The van der Waals surface area contributed by atoms with Gasteiger partial charge in [-0.1, -0.05) is 24.9 Å². The van der Waals surface area contributed by atoms with Crippen molar-refractivity contribution in [2.24, 2.45) is 5.92 Å². The number of nitrogens with one attached hydrogen (secondary N) is 1. The van der Waals surface area contributed by atoms with Crippen molar-refractivity contribution in [1.29, 1.82) is 0 Å². The zero-order chi connectivity index (χ0) is 14.3. The monoisotopic (exact) mass is 284 g/mol. The first kappa shape index (κ1) is 15.9. The maximum absolute atomic E-state index is 12.0. The Morgan fingerprint density at radius 3 is 2.84 bits per heavy atom. The van der Waals surface area contributed by atoms with Crippen LogP contribution in [0.1, 0.15) is 42.2 Å². The summed E-state index contributed by atoms with van der Waals surface area (Å²) in [6.07, 6.45) is 4.22. The van der Waals surface area contributed by atoms with Crippen LogP contribution in [0.4, 0.5) is 0 Å². The van der Waals surface area contributed by atoms with Crippen molar-refractivity contribution in [1.82, 2.24) is 10.3 Å². The molecule has 1 aromatic rings. The minimum Gasteiger partial charge on any atom is -0.396 e. The number of hydrogen-bond donors (Lipinski definition) is 2. The molecule has 0 aliphatic carbocycles. The maximum Gasteiger partial charge on any atom is 0.254 e. The molecule has 0 fully saturated rings. The number of aromatic nitrogens is 1. The molecule has 0 aliphatic heterocycles. The number of carbonyl (C=O) groups is 1. The molecule has 0 radical (unpaired) electrons. The van der Waals surface area contributed by atoms with Crippen LogP contribution in [-0.2, 0) is 0 Å². The Balaban J connectivity index is 2.58. The molecule has 1 amide bonds. The number of pyridine rings is 1. The van der Waals surface area contributed by atoms with Gasteiger partial charge in [0.1, 0.15) is 0 Å². The maximum atomic E-state index is 12.0. The lowest BCUT2D eigenvalue weighted by molar-refractivity contribution is 0.0942. The predicted molar refractivity (Wildman–Crippen MR) is 76.4 cm³/mol. The Morgan fingerprint density at radius 1 is 1.53 bits per heavy atom. The van der Waals surface area contributed by atoms with E-state index in [2.05, 4.69) is 17.2 Å². The van der Waals surface area contributed by atoms with Crippen LogP contribution in [0.25, 0.3) is 0 Å². The first-order valence-electron chi connectivity index (χ1n) is 6.59. The van der Waals surface area contributed by atoms with E-state index >= 15 is 0 Å². The number of aliphatic hydroxyl groups excluding tert-OH is 1. The van der Waals surface area contributed by atoms with Gasteiger partial charge in [0.05, 0.1) is 10.6 Å². The van der Waals surface area contributed by atoms with Gasteiger partial charge in [-0.3, -0.25) is 9.78 Å². The van der Waals surface area contributed by atoms with Crippen molar-refractivity contribution in [3.05, 3.63) is 28.5 Å². The number of nitrogens with zero attached hydrogens (tertiary/aromatic N) is 1. The van der Waals surface area contributed by atoms with Crippen LogP contribution < -0.4 is 5.32 Å². The van der Waals surface area contributed by atoms with Gasteiger partial charge < -0.3 is 10.4 Å². The Morgan fingerprint density at radius 2 is 2.26 bits per heavy atom. The van der Waals surface area contributed by atoms with Crippen molar-refractivity contribution >= 4 is 17.5 Å². The van der Waals surface area contributed by atoms with E-state index in [9.17, 15) is 4.79 Å². The lowest BCUT2D eigenvalue weighted by Crippen LogP contribution is -2.30. The Labute approximate surface area is 119 Å². The van der Waals surface area contributed by atoms with E-state index in [1.807, 2.05) is 6.92 Å². The number of hydrogen-bond acceptors (Lipinski definition) is 3. The summed E-state index contributed by atoms with van der Waals surface area (Å²) >= 11 is 6.02. The van der Waals surface area contributed by atoms with E-state index in [4.69, 9.17) is 16.7 Å². The number of aryl methyl sites for hydroxylation is 1. The van der Waals surface area contributed by atoms with Gasteiger partial charge in [-0.25, -0.2) is 0 Å². The Kier molecular flexibility index (Phi) is 6.81. The molecule has 1 atom stereocenters. The summed E-state index contributed by atoms with van der Waals surface area (Å²) in [5, 5.41) is 12.2. The number of aliphatic hydroxyl groups is 1. The standard InChI is InChI=1S/C14H21ClN2O2/c1-3-4-11(5-6-18)8-17-14(19)12-9-16-10(2)7-13(12)15/h7,9,11,18H,3-6,8H2,1-2H3,(H,17,19). The summed E-state index contributed by atoms with van der Waals surface area (Å²) in [5.74, 6) is 0.0904. The zero-order valence-corrected chi connectivity index (χ0v) is 12.2. The summed E-state index contributed by atoms with van der Waals surface area (Å²) in [7, 11) is 0. The number of carbonyl (C=O) groups excluding carboxylic acids is 1. The van der Waals surface area contributed by atoms with E-state index in [1.165, 1.54) is 6.20 Å². The van der Waals surface area contributed by atoms with E-state index in [-0.39, 0.29) is 12.5 Å². The third-order valence-electron chi connectivity index (χ3n) is 3.02. The van der Waals surface area contributed by atoms with E-state index in [0.717, 1.165) is 18.5 Å². The fraction of sp³-hybridized carbons (Fsp3) is 0.571. The molecule has 0 spiro atoms. The molecule has 4 nitrogen and oxygen atoms in total. The molecule has 1 unspecified atom stereocenters. The second-order valence-electron chi connectivity index (χ2n) is 4.68. The Bertz CT molecular complexity index is 418. The third-order valence-corrected chi connectivity index (χ3v) is 3.33. The molecule has 106 valence electrons. The van der Waals surface area contributed by atoms with Crippen molar-refractivity contribution < 1.29 is 9.90 Å². The lowest BCUT2D eigenvalue weighted by Gasteiger charge is -2.15. The van der Waals surface area contributed by atoms with Crippen molar-refractivity contribution in [2.45, 2.75) is 33.1 Å². The topological polar surface area (TPSA) is 62.2 Å². The molecule has 0 saturated carbocycles. The van der Waals surface area contributed by atoms with Crippen molar-refractivity contribution in [3.63, 3.8) is 0 Å². The van der Waals surface area contributed by atoms with Crippen LogP contribution in [-0.4, -0.2) is 29.1 Å². The van der Waals surface area contributed by atoms with Crippen LogP contribution in [0, 0.1) is 12.8 Å². The van der Waals surface area contributed by atoms with Crippen LogP contribution in [0.5, 0.6) is 0 Å². The third kappa shape index (κ3) is 5.17. The molecule has 0 aliphatic rings. The van der Waals surface area contributed by atoms with Crippen LogP contribution >= 0.6 is 11.6 Å². The van der Waals surface area contributed by atoms with Gasteiger partial charge in [0.25, 0.3) is 5.91 Å². The molecule has 1 aromatic heterocycles. The molecule has 0 bridgehead atoms. The number of amides is 1. The molecule has 19 heavy (non-hydrogen) atoms. The quantitative estimate of drug-likeness (QED) is 0.809. The Hall–Kier alpha value is -1.13. The average molecular weight is 285 g/mol. The highest BCUT2D eigenvalue weighted by Gasteiger charge is 2.13. The minimum absolute atomic E-state index is 0.146. The first-order valence-corrected chi connectivity index (χ1v) is 6.97. The number of halogens is 1. The minimum atomic E-state index is -0.212. The van der Waals surface area contributed by atoms with Gasteiger partial charge in [0, 0.05) is 25.0 Å². The van der Waals surface area contributed by atoms with Crippen LogP contribution in [0.15, 0.2) is 12.3 Å². The predicted octanol–water partition coefficient (Wildman–Crippen LogP) is 2.57.